The summed E-state index contributed by atoms with van der Waals surface area (Å²) in [7, 11) is 0. The highest BCUT2D eigenvalue weighted by Crippen LogP contribution is 2.52. The Morgan fingerprint density at radius 2 is 0.875 bits per heavy atom. The summed E-state index contributed by atoms with van der Waals surface area (Å²) in [5.41, 5.74) is 0. The molecule has 2 saturated heterocycles. The average Bonchev–Trinajstić information content (AvgIpc) is 3.01. The van der Waals surface area contributed by atoms with Crippen LogP contribution in [-0.2, 0) is 0 Å². The van der Waals surface area contributed by atoms with Crippen molar-refractivity contribution in [2.75, 3.05) is 26.2 Å². The number of unbranched alkanes of at least 4 members (excludes halogenated alkanes) is 10. The lowest BCUT2D eigenvalue weighted by Gasteiger charge is -2.49. The zero-order valence-electron chi connectivity index (χ0n) is 27.4. The summed E-state index contributed by atoms with van der Waals surface area (Å²) in [5, 5.41) is 7.55. The normalized spacial score (nSPS) is 35.5. The van der Waals surface area contributed by atoms with E-state index in [1.54, 1.807) is 51.4 Å². The molecule has 2 N–H and O–H groups in total. The second kappa shape index (κ2) is 19.2. The first-order chi connectivity index (χ1) is 19.8. The molecule has 234 valence electrons. The summed E-state index contributed by atoms with van der Waals surface area (Å²) < 4.78 is 0. The highest BCUT2D eigenvalue weighted by molar-refractivity contribution is 4.94. The number of nitrogens with one attached hydrogen (secondary N) is 2. The molecule has 0 amide bonds. The second-order valence-electron chi connectivity index (χ2n) is 15.3. The molecule has 40 heavy (non-hydrogen) atoms. The topological polar surface area (TPSA) is 24.1 Å². The van der Waals surface area contributed by atoms with E-state index in [1.807, 2.05) is 0 Å². The Balaban J connectivity index is 1.38. The van der Waals surface area contributed by atoms with Gasteiger partial charge in [-0.2, -0.15) is 0 Å². The van der Waals surface area contributed by atoms with Crippen LogP contribution in [0.5, 0.6) is 0 Å². The Kier molecular flexibility index (Phi) is 15.8. The van der Waals surface area contributed by atoms with E-state index in [1.165, 1.54) is 129 Å². The van der Waals surface area contributed by atoms with Crippen LogP contribution in [-0.4, -0.2) is 26.2 Å². The summed E-state index contributed by atoms with van der Waals surface area (Å²) >= 11 is 0. The predicted molar refractivity (Wildman–Crippen MR) is 176 cm³/mol. The molecular formula is C38H72N2. The van der Waals surface area contributed by atoms with E-state index in [4.69, 9.17) is 0 Å². The van der Waals surface area contributed by atoms with Crippen molar-refractivity contribution in [2.45, 2.75) is 168 Å². The first-order valence-corrected chi connectivity index (χ1v) is 19.2. The van der Waals surface area contributed by atoms with Crippen molar-refractivity contribution in [3.05, 3.63) is 0 Å². The van der Waals surface area contributed by atoms with E-state index in [9.17, 15) is 0 Å². The zero-order valence-corrected chi connectivity index (χ0v) is 27.4. The Labute approximate surface area is 251 Å². The molecule has 2 saturated carbocycles. The van der Waals surface area contributed by atoms with Crippen molar-refractivity contribution >= 4 is 0 Å². The monoisotopic (exact) mass is 557 g/mol. The smallest absolute Gasteiger partial charge is 0.00179 e. The maximum Gasteiger partial charge on any atom is -0.00179 e. The Bertz CT molecular complexity index is 567. The molecule has 2 heterocycles. The van der Waals surface area contributed by atoms with Gasteiger partial charge < -0.3 is 10.6 Å². The Hall–Kier alpha value is -0.0800. The lowest BCUT2D eigenvalue weighted by molar-refractivity contribution is 0.0123. The molecule has 4 rings (SSSR count). The quantitative estimate of drug-likeness (QED) is 0.174. The molecule has 0 spiro atoms. The maximum atomic E-state index is 3.77. The van der Waals surface area contributed by atoms with E-state index in [0.717, 1.165) is 47.3 Å². The number of hydrogen-bond donors (Lipinski definition) is 2. The van der Waals surface area contributed by atoms with Gasteiger partial charge in [0.2, 0.25) is 0 Å². The van der Waals surface area contributed by atoms with Crippen LogP contribution < -0.4 is 10.6 Å². The van der Waals surface area contributed by atoms with Crippen LogP contribution in [0.4, 0.5) is 0 Å². The van der Waals surface area contributed by atoms with Crippen molar-refractivity contribution in [1.29, 1.82) is 0 Å². The number of hydrogen-bond acceptors (Lipinski definition) is 2. The molecule has 2 aliphatic heterocycles. The van der Waals surface area contributed by atoms with Gasteiger partial charge in [-0.15, -0.1) is 0 Å². The summed E-state index contributed by atoms with van der Waals surface area (Å²) in [6.07, 6.45) is 36.0. The Morgan fingerprint density at radius 3 is 1.27 bits per heavy atom. The summed E-state index contributed by atoms with van der Waals surface area (Å²) in [6, 6.07) is 0. The van der Waals surface area contributed by atoms with E-state index in [0.29, 0.717) is 0 Å². The van der Waals surface area contributed by atoms with Crippen LogP contribution in [0.3, 0.4) is 0 Å². The zero-order chi connectivity index (χ0) is 27.8. The molecule has 0 aromatic heterocycles. The van der Waals surface area contributed by atoms with Gasteiger partial charge in [0.15, 0.2) is 0 Å². The molecule has 0 radical (unpaired) electrons. The molecule has 0 aromatic carbocycles. The van der Waals surface area contributed by atoms with Crippen molar-refractivity contribution in [3.8, 4) is 0 Å². The summed E-state index contributed by atoms with van der Waals surface area (Å²) in [4.78, 5) is 0. The fourth-order valence-electron chi connectivity index (χ4n) is 10.2. The minimum atomic E-state index is 0.982. The fraction of sp³-hybridized carbons (Fsp3) is 1.00. The van der Waals surface area contributed by atoms with Crippen LogP contribution >= 0.6 is 0 Å². The highest BCUT2D eigenvalue weighted by atomic mass is 14.9. The number of rotatable bonds is 17. The first-order valence-electron chi connectivity index (χ1n) is 19.2. The molecule has 2 heteroatoms. The molecular weight excluding hydrogens is 484 g/mol. The summed E-state index contributed by atoms with van der Waals surface area (Å²) in [6.45, 7) is 9.89. The van der Waals surface area contributed by atoms with E-state index >= 15 is 0 Å². The van der Waals surface area contributed by atoms with Gasteiger partial charge in [-0.25, -0.2) is 0 Å². The van der Waals surface area contributed by atoms with Gasteiger partial charge in [0.25, 0.3) is 0 Å². The molecule has 2 nitrogen and oxygen atoms in total. The molecule has 8 unspecified atom stereocenters. The van der Waals surface area contributed by atoms with Crippen LogP contribution in [0.15, 0.2) is 0 Å². The van der Waals surface area contributed by atoms with Gasteiger partial charge in [-0.05, 0) is 138 Å². The van der Waals surface area contributed by atoms with Gasteiger partial charge in [0.1, 0.15) is 0 Å². The lowest BCUT2D eigenvalue weighted by atomic mass is 9.57. The van der Waals surface area contributed by atoms with E-state index < -0.39 is 0 Å². The van der Waals surface area contributed by atoms with Crippen LogP contribution in [0.1, 0.15) is 168 Å². The van der Waals surface area contributed by atoms with Gasteiger partial charge in [0.05, 0.1) is 0 Å². The minimum absolute atomic E-state index is 0.982. The van der Waals surface area contributed by atoms with Crippen LogP contribution in [0, 0.1) is 47.3 Å². The molecule has 2 aliphatic carbocycles. The van der Waals surface area contributed by atoms with Gasteiger partial charge in [-0.3, -0.25) is 0 Å². The van der Waals surface area contributed by atoms with E-state index in [-0.39, 0.29) is 0 Å². The highest BCUT2D eigenvalue weighted by Gasteiger charge is 2.43. The van der Waals surface area contributed by atoms with Crippen LogP contribution in [0.2, 0.25) is 0 Å². The molecule has 0 bridgehead atoms. The standard InChI is InChI=1S/C38H72N2/c1-3-5-7-9-11-13-17-33-27-31(35-19-15-25-39-29-35)21-23-37(33)38-24-22-32(36-20-16-26-40-30-36)28-34(38)18-14-12-10-8-6-4-2/h31-40H,3-30H2,1-2H3. The SMILES string of the molecule is CCCCCCCCC1CC(C2CCCNC2)CCC1C1CCC(C2CCCNC2)CC1CCCCCCCC. The summed E-state index contributed by atoms with van der Waals surface area (Å²) in [5.74, 6) is 8.20. The van der Waals surface area contributed by atoms with Crippen molar-refractivity contribution in [2.24, 2.45) is 47.3 Å². The second-order valence-corrected chi connectivity index (χ2v) is 15.3. The number of piperidine rings is 2. The fourth-order valence-corrected chi connectivity index (χ4v) is 10.2. The third-order valence-corrected chi connectivity index (χ3v) is 12.6. The van der Waals surface area contributed by atoms with Gasteiger partial charge in [-0.1, -0.05) is 104 Å². The maximum absolute atomic E-state index is 3.77. The molecule has 4 aliphatic rings. The van der Waals surface area contributed by atoms with Gasteiger partial charge >= 0.3 is 0 Å². The lowest BCUT2D eigenvalue weighted by Crippen LogP contribution is -2.43. The van der Waals surface area contributed by atoms with Crippen molar-refractivity contribution in [3.63, 3.8) is 0 Å². The third-order valence-electron chi connectivity index (χ3n) is 12.6. The van der Waals surface area contributed by atoms with E-state index in [2.05, 4.69) is 24.5 Å². The predicted octanol–water partition coefficient (Wildman–Crippen LogP) is 10.6. The van der Waals surface area contributed by atoms with Crippen molar-refractivity contribution in [1.82, 2.24) is 10.6 Å². The van der Waals surface area contributed by atoms with Crippen molar-refractivity contribution < 1.29 is 0 Å². The first kappa shape index (κ1) is 32.8. The van der Waals surface area contributed by atoms with Crippen LogP contribution in [0.25, 0.3) is 0 Å². The molecule has 0 aromatic rings. The molecule has 8 atom stereocenters. The Morgan fingerprint density at radius 1 is 0.450 bits per heavy atom. The minimum Gasteiger partial charge on any atom is -0.316 e. The van der Waals surface area contributed by atoms with Gasteiger partial charge in [0, 0.05) is 0 Å². The third kappa shape index (κ3) is 10.6. The average molecular weight is 557 g/mol. The largest absolute Gasteiger partial charge is 0.316 e. The molecule has 4 fully saturated rings.